The molecule has 0 aliphatic rings. The van der Waals surface area contributed by atoms with Gasteiger partial charge in [0.2, 0.25) is 0 Å². The van der Waals surface area contributed by atoms with Gasteiger partial charge in [-0.15, -0.1) is 0 Å². The molecule has 0 heterocycles. The van der Waals surface area contributed by atoms with E-state index in [1.54, 1.807) is 0 Å². The predicted octanol–water partition coefficient (Wildman–Crippen LogP) is 3.39. The van der Waals surface area contributed by atoms with Gasteiger partial charge >= 0.3 is 0 Å². The lowest BCUT2D eigenvalue weighted by Crippen LogP contribution is -2.46. The molecule has 0 aliphatic carbocycles. The van der Waals surface area contributed by atoms with E-state index in [1.165, 1.54) is 23.2 Å². The van der Waals surface area contributed by atoms with E-state index in [-0.39, 0.29) is 0 Å². The van der Waals surface area contributed by atoms with Gasteiger partial charge in [0.1, 0.15) is 0 Å². The first kappa shape index (κ1) is 15.0. The van der Waals surface area contributed by atoms with Gasteiger partial charge in [0.05, 0.1) is 0 Å². The first-order chi connectivity index (χ1) is 9.81. The van der Waals surface area contributed by atoms with Crippen molar-refractivity contribution in [3.8, 4) is 0 Å². The zero-order valence-electron chi connectivity index (χ0n) is 12.4. The van der Waals surface area contributed by atoms with E-state index >= 15 is 0 Å². The molecule has 2 rings (SSSR count). The molecule has 1 unspecified atom stereocenters. The van der Waals surface area contributed by atoms with Crippen LogP contribution in [0.3, 0.4) is 0 Å². The highest BCUT2D eigenvalue weighted by Gasteiger charge is 2.21. The summed E-state index contributed by atoms with van der Waals surface area (Å²) >= 11 is 0. The Hall–Kier alpha value is -1.38. The number of benzene rings is 2. The molecule has 0 saturated heterocycles. The van der Waals surface area contributed by atoms with Crippen molar-refractivity contribution in [2.45, 2.75) is 39.2 Å². The van der Waals surface area contributed by atoms with Gasteiger partial charge in [-0.3, -0.25) is 0 Å². The summed E-state index contributed by atoms with van der Waals surface area (Å²) in [6, 6.07) is 21.3. The highest BCUT2D eigenvalue weighted by molar-refractivity contribution is 6.80. The van der Waals surface area contributed by atoms with Gasteiger partial charge in [-0.1, -0.05) is 80.4 Å². The van der Waals surface area contributed by atoms with E-state index in [1.807, 2.05) is 0 Å². The summed E-state index contributed by atoms with van der Waals surface area (Å²) in [5.74, 6) is 0. The fraction of sp³-hybridized carbons (Fsp3) is 0.333. The summed E-state index contributed by atoms with van der Waals surface area (Å²) in [6.45, 7) is 4.43. The van der Waals surface area contributed by atoms with Crippen molar-refractivity contribution < 1.29 is 4.43 Å². The third-order valence-corrected chi connectivity index (χ3v) is 5.71. The molecule has 1 radical (unpaired) electrons. The zero-order chi connectivity index (χ0) is 14.2. The van der Waals surface area contributed by atoms with Crippen molar-refractivity contribution in [2.75, 3.05) is 0 Å². The van der Waals surface area contributed by atoms with E-state index in [9.17, 15) is 0 Å². The number of hydrogen-bond donors (Lipinski definition) is 0. The molecule has 0 saturated carbocycles. The van der Waals surface area contributed by atoms with Crippen LogP contribution in [0, 0.1) is 0 Å². The minimum atomic E-state index is -1.13. The average Bonchev–Trinajstić information content (AvgIpc) is 2.52. The van der Waals surface area contributed by atoms with E-state index in [4.69, 9.17) is 4.43 Å². The van der Waals surface area contributed by atoms with E-state index in [0.29, 0.717) is 6.10 Å². The minimum absolute atomic E-state index is 0.323. The molecule has 2 aromatic rings. The van der Waals surface area contributed by atoms with E-state index in [0.717, 1.165) is 6.42 Å². The van der Waals surface area contributed by atoms with Crippen LogP contribution in [0.2, 0.25) is 0 Å². The quantitative estimate of drug-likeness (QED) is 0.708. The first-order valence-electron chi connectivity index (χ1n) is 7.45. The fourth-order valence-electron chi connectivity index (χ4n) is 2.23. The van der Waals surface area contributed by atoms with E-state index < -0.39 is 9.04 Å². The molecule has 0 bridgehead atoms. The lowest BCUT2D eigenvalue weighted by Gasteiger charge is -2.21. The van der Waals surface area contributed by atoms with Crippen molar-refractivity contribution in [1.82, 2.24) is 0 Å². The molecule has 2 heteroatoms. The minimum Gasteiger partial charge on any atom is -0.405 e. The number of hydrogen-bond acceptors (Lipinski definition) is 1. The lowest BCUT2D eigenvalue weighted by atomic mass is 10.2. The fourth-order valence-corrected chi connectivity index (χ4v) is 4.35. The molecule has 1 nitrogen and oxygen atoms in total. The van der Waals surface area contributed by atoms with Crippen molar-refractivity contribution in [1.29, 1.82) is 0 Å². The van der Waals surface area contributed by atoms with Gasteiger partial charge in [0, 0.05) is 6.10 Å². The van der Waals surface area contributed by atoms with Crippen LogP contribution in [0.4, 0.5) is 0 Å². The predicted molar refractivity (Wildman–Crippen MR) is 88.0 cm³/mol. The monoisotopic (exact) mass is 283 g/mol. The molecule has 0 aromatic heterocycles. The van der Waals surface area contributed by atoms with Crippen LogP contribution in [0.1, 0.15) is 33.1 Å². The zero-order valence-corrected chi connectivity index (χ0v) is 13.4. The van der Waals surface area contributed by atoms with Crippen LogP contribution >= 0.6 is 0 Å². The standard InChI is InChI=1S/C18H23OSi/c1-3-4-11-16(2)19-20(17-12-7-5-8-13-17)18-14-9-6-10-15-18/h5-10,12-16H,3-4,11H2,1-2H3. The van der Waals surface area contributed by atoms with Gasteiger partial charge in [-0.05, 0) is 23.7 Å². The normalized spacial score (nSPS) is 12.6. The molecular formula is C18H23OSi. The molecule has 1 atom stereocenters. The maximum Gasteiger partial charge on any atom is 0.283 e. The lowest BCUT2D eigenvalue weighted by molar-refractivity contribution is 0.216. The summed E-state index contributed by atoms with van der Waals surface area (Å²) < 4.78 is 6.43. The maximum absolute atomic E-state index is 6.43. The maximum atomic E-state index is 6.43. The Morgan fingerprint density at radius 1 is 0.900 bits per heavy atom. The summed E-state index contributed by atoms with van der Waals surface area (Å²) in [4.78, 5) is 0. The molecule has 0 amide bonds. The molecule has 0 fully saturated rings. The Balaban J connectivity index is 2.17. The molecular weight excluding hydrogens is 260 g/mol. The Bertz CT molecular complexity index is 444. The van der Waals surface area contributed by atoms with Crippen LogP contribution in [0.25, 0.3) is 0 Å². The molecule has 2 aromatic carbocycles. The molecule has 105 valence electrons. The third kappa shape index (κ3) is 4.32. The Labute approximate surface area is 124 Å². The molecule has 0 N–H and O–H groups in total. The van der Waals surface area contributed by atoms with Gasteiger partial charge < -0.3 is 4.43 Å². The Kier molecular flexibility index (Phi) is 6.03. The van der Waals surface area contributed by atoms with Crippen LogP contribution in [-0.2, 0) is 4.43 Å². The van der Waals surface area contributed by atoms with Crippen LogP contribution in [-0.4, -0.2) is 15.1 Å². The molecule has 20 heavy (non-hydrogen) atoms. The van der Waals surface area contributed by atoms with E-state index in [2.05, 4.69) is 74.5 Å². The first-order valence-corrected chi connectivity index (χ1v) is 8.86. The van der Waals surface area contributed by atoms with Gasteiger partial charge in [0.15, 0.2) is 0 Å². The number of rotatable bonds is 7. The van der Waals surface area contributed by atoms with Crippen LogP contribution < -0.4 is 10.4 Å². The Morgan fingerprint density at radius 2 is 1.40 bits per heavy atom. The van der Waals surface area contributed by atoms with Crippen LogP contribution in [0.15, 0.2) is 60.7 Å². The second-order valence-electron chi connectivity index (χ2n) is 5.13. The molecule has 0 aliphatic heterocycles. The highest BCUT2D eigenvalue weighted by Crippen LogP contribution is 2.06. The largest absolute Gasteiger partial charge is 0.405 e. The smallest absolute Gasteiger partial charge is 0.283 e. The van der Waals surface area contributed by atoms with Gasteiger partial charge in [-0.25, -0.2) is 0 Å². The van der Waals surface area contributed by atoms with Crippen molar-refractivity contribution in [2.24, 2.45) is 0 Å². The van der Waals surface area contributed by atoms with Crippen molar-refractivity contribution in [3.05, 3.63) is 60.7 Å². The second kappa shape index (κ2) is 8.03. The van der Waals surface area contributed by atoms with Gasteiger partial charge in [-0.2, -0.15) is 0 Å². The summed E-state index contributed by atoms with van der Waals surface area (Å²) in [5, 5.41) is 2.65. The summed E-state index contributed by atoms with van der Waals surface area (Å²) in [5.41, 5.74) is 0. The van der Waals surface area contributed by atoms with Gasteiger partial charge in [0.25, 0.3) is 9.04 Å². The highest BCUT2D eigenvalue weighted by atomic mass is 28.3. The molecule has 0 spiro atoms. The second-order valence-corrected chi connectivity index (χ2v) is 7.18. The average molecular weight is 283 g/mol. The van der Waals surface area contributed by atoms with Crippen molar-refractivity contribution >= 4 is 19.4 Å². The summed E-state index contributed by atoms with van der Waals surface area (Å²) in [7, 11) is -1.13. The topological polar surface area (TPSA) is 9.23 Å². The number of unbranched alkanes of at least 4 members (excludes halogenated alkanes) is 1. The SMILES string of the molecule is CCCCC(C)O[Si](c1ccccc1)c1ccccc1. The third-order valence-electron chi connectivity index (χ3n) is 3.36. The summed E-state index contributed by atoms with van der Waals surface area (Å²) in [6.07, 6.45) is 3.93. The van der Waals surface area contributed by atoms with Crippen molar-refractivity contribution in [3.63, 3.8) is 0 Å². The Morgan fingerprint density at radius 3 is 1.85 bits per heavy atom. The van der Waals surface area contributed by atoms with Crippen LogP contribution in [0.5, 0.6) is 0 Å².